The molecular weight excluding hydrogens is 328 g/mol. The summed E-state index contributed by atoms with van der Waals surface area (Å²) < 4.78 is 0. The summed E-state index contributed by atoms with van der Waals surface area (Å²) in [7, 11) is 0. The number of hydrogen-bond acceptors (Lipinski definition) is 5. The number of aromatic nitrogens is 2. The van der Waals surface area contributed by atoms with Gasteiger partial charge in [0.05, 0.1) is 5.39 Å². The van der Waals surface area contributed by atoms with Crippen LogP contribution in [0.3, 0.4) is 0 Å². The highest BCUT2D eigenvalue weighted by molar-refractivity contribution is 7.19. The Kier molecular flexibility index (Phi) is 4.44. The van der Waals surface area contributed by atoms with Gasteiger partial charge in [0, 0.05) is 16.5 Å². The van der Waals surface area contributed by atoms with Crippen molar-refractivity contribution in [1.82, 2.24) is 15.3 Å². The van der Waals surface area contributed by atoms with Gasteiger partial charge in [-0.05, 0) is 52.3 Å². The van der Waals surface area contributed by atoms with E-state index in [9.17, 15) is 0 Å². The lowest BCUT2D eigenvalue weighted by atomic mass is 10.0. The minimum absolute atomic E-state index is 0.477. The van der Waals surface area contributed by atoms with E-state index in [4.69, 9.17) is 9.97 Å². The molecule has 4 rings (SSSR count). The molecule has 0 saturated carbocycles. The van der Waals surface area contributed by atoms with Crippen LogP contribution in [0.5, 0.6) is 0 Å². The summed E-state index contributed by atoms with van der Waals surface area (Å²) >= 11 is 1.76. The van der Waals surface area contributed by atoms with E-state index in [0.29, 0.717) is 6.04 Å². The van der Waals surface area contributed by atoms with Crippen molar-refractivity contribution in [3.05, 3.63) is 40.5 Å². The van der Waals surface area contributed by atoms with Crippen LogP contribution in [0.15, 0.2) is 24.3 Å². The first-order valence-electron chi connectivity index (χ1n) is 8.94. The van der Waals surface area contributed by atoms with E-state index in [1.54, 1.807) is 11.3 Å². The smallest absolute Gasteiger partial charge is 0.139 e. The third-order valence-electron chi connectivity index (χ3n) is 4.86. The van der Waals surface area contributed by atoms with Gasteiger partial charge in [0.2, 0.25) is 0 Å². The average molecular weight is 353 g/mol. The van der Waals surface area contributed by atoms with Crippen LogP contribution >= 0.6 is 11.3 Å². The van der Waals surface area contributed by atoms with Gasteiger partial charge in [0.1, 0.15) is 16.5 Å². The predicted molar refractivity (Wildman–Crippen MR) is 107 cm³/mol. The SMILES string of the molecule is Cc1ccc(-c2c(C)sc3nc(C)nc(NC4CCNCC4)c23)cc1. The number of anilines is 1. The van der Waals surface area contributed by atoms with Gasteiger partial charge in [-0.3, -0.25) is 0 Å². The third-order valence-corrected chi connectivity index (χ3v) is 5.86. The lowest BCUT2D eigenvalue weighted by Crippen LogP contribution is -2.35. The Hall–Kier alpha value is -1.98. The number of thiophene rings is 1. The van der Waals surface area contributed by atoms with E-state index in [0.717, 1.165) is 42.4 Å². The Morgan fingerprint density at radius 1 is 1.04 bits per heavy atom. The molecule has 0 atom stereocenters. The maximum absolute atomic E-state index is 4.78. The monoisotopic (exact) mass is 352 g/mol. The number of nitrogens with one attached hydrogen (secondary N) is 2. The van der Waals surface area contributed by atoms with Gasteiger partial charge in [-0.1, -0.05) is 29.8 Å². The van der Waals surface area contributed by atoms with Crippen molar-refractivity contribution in [2.45, 2.75) is 39.7 Å². The fraction of sp³-hybridized carbons (Fsp3) is 0.400. The molecule has 4 nitrogen and oxygen atoms in total. The first-order chi connectivity index (χ1) is 12.1. The number of aryl methyl sites for hydroxylation is 3. The fourth-order valence-electron chi connectivity index (χ4n) is 3.55. The van der Waals surface area contributed by atoms with Crippen molar-refractivity contribution < 1.29 is 0 Å². The van der Waals surface area contributed by atoms with E-state index >= 15 is 0 Å². The standard InChI is InChI=1S/C20H24N4S/c1-12-4-6-15(7-5-12)17-13(2)25-20-18(17)19(22-14(3)23-20)24-16-8-10-21-11-9-16/h4-7,16,21H,8-11H2,1-3H3,(H,22,23,24). The van der Waals surface area contributed by atoms with E-state index in [1.165, 1.54) is 27.0 Å². The van der Waals surface area contributed by atoms with Crippen LogP contribution in [0.2, 0.25) is 0 Å². The molecule has 0 bridgehead atoms. The fourth-order valence-corrected chi connectivity index (χ4v) is 4.64. The summed E-state index contributed by atoms with van der Waals surface area (Å²) in [4.78, 5) is 11.9. The van der Waals surface area contributed by atoms with Gasteiger partial charge in [0.25, 0.3) is 0 Å². The molecule has 2 N–H and O–H groups in total. The zero-order valence-electron chi connectivity index (χ0n) is 15.0. The Morgan fingerprint density at radius 2 is 1.76 bits per heavy atom. The van der Waals surface area contributed by atoms with Gasteiger partial charge in [-0.2, -0.15) is 0 Å². The van der Waals surface area contributed by atoms with Crippen LogP contribution in [0.1, 0.15) is 29.1 Å². The molecule has 3 heterocycles. The van der Waals surface area contributed by atoms with E-state index < -0.39 is 0 Å². The second-order valence-electron chi connectivity index (χ2n) is 6.87. The molecule has 0 unspecified atom stereocenters. The molecule has 1 aromatic carbocycles. The highest BCUT2D eigenvalue weighted by atomic mass is 32.1. The maximum Gasteiger partial charge on any atom is 0.139 e. The van der Waals surface area contributed by atoms with Crippen LogP contribution < -0.4 is 10.6 Å². The molecule has 1 aliphatic heterocycles. The van der Waals surface area contributed by atoms with E-state index in [1.807, 2.05) is 6.92 Å². The minimum Gasteiger partial charge on any atom is -0.367 e. The first kappa shape index (κ1) is 16.5. The number of benzene rings is 1. The van der Waals surface area contributed by atoms with Crippen LogP contribution in [-0.2, 0) is 0 Å². The molecule has 2 aromatic heterocycles. The van der Waals surface area contributed by atoms with Crippen LogP contribution in [0.25, 0.3) is 21.3 Å². The zero-order chi connectivity index (χ0) is 17.4. The summed E-state index contributed by atoms with van der Waals surface area (Å²) in [6, 6.07) is 9.24. The number of nitrogens with zero attached hydrogens (tertiary/aromatic N) is 2. The van der Waals surface area contributed by atoms with Crippen LogP contribution in [-0.4, -0.2) is 29.1 Å². The summed E-state index contributed by atoms with van der Waals surface area (Å²) in [5.41, 5.74) is 3.80. The van der Waals surface area contributed by atoms with Gasteiger partial charge in [-0.15, -0.1) is 11.3 Å². The Balaban J connectivity index is 1.85. The molecule has 3 aromatic rings. The Labute approximate surface area is 152 Å². The first-order valence-corrected chi connectivity index (χ1v) is 9.75. The van der Waals surface area contributed by atoms with Crippen molar-refractivity contribution in [2.75, 3.05) is 18.4 Å². The van der Waals surface area contributed by atoms with Gasteiger partial charge in [-0.25, -0.2) is 9.97 Å². The van der Waals surface area contributed by atoms with Crippen LogP contribution in [0, 0.1) is 20.8 Å². The molecule has 0 aliphatic carbocycles. The molecule has 25 heavy (non-hydrogen) atoms. The second-order valence-corrected chi connectivity index (χ2v) is 8.07. The molecule has 0 radical (unpaired) electrons. The highest BCUT2D eigenvalue weighted by Gasteiger charge is 2.20. The molecule has 1 aliphatic rings. The molecule has 5 heteroatoms. The van der Waals surface area contributed by atoms with Crippen LogP contribution in [0.4, 0.5) is 5.82 Å². The molecule has 0 amide bonds. The van der Waals surface area contributed by atoms with Gasteiger partial charge in [0.15, 0.2) is 0 Å². The number of piperidine rings is 1. The van der Waals surface area contributed by atoms with Crippen molar-refractivity contribution in [2.24, 2.45) is 0 Å². The number of rotatable bonds is 3. The van der Waals surface area contributed by atoms with Gasteiger partial charge < -0.3 is 10.6 Å². The summed E-state index contributed by atoms with van der Waals surface area (Å²) in [5, 5.41) is 8.32. The summed E-state index contributed by atoms with van der Waals surface area (Å²) in [6.45, 7) is 8.43. The largest absolute Gasteiger partial charge is 0.367 e. The molecular formula is C20H24N4S. The quantitative estimate of drug-likeness (QED) is 0.731. The third kappa shape index (κ3) is 3.26. The molecule has 1 saturated heterocycles. The Morgan fingerprint density at radius 3 is 2.48 bits per heavy atom. The molecule has 1 fully saturated rings. The normalized spacial score (nSPS) is 15.6. The number of fused-ring (bicyclic) bond motifs is 1. The lowest BCUT2D eigenvalue weighted by molar-refractivity contribution is 0.478. The lowest BCUT2D eigenvalue weighted by Gasteiger charge is -2.24. The minimum atomic E-state index is 0.477. The van der Waals surface area contributed by atoms with E-state index in [2.05, 4.69) is 48.7 Å². The summed E-state index contributed by atoms with van der Waals surface area (Å²) in [5.74, 6) is 1.83. The predicted octanol–water partition coefficient (Wildman–Crippen LogP) is 4.45. The van der Waals surface area contributed by atoms with Crippen molar-refractivity contribution in [3.63, 3.8) is 0 Å². The molecule has 130 valence electrons. The van der Waals surface area contributed by atoms with Crippen molar-refractivity contribution in [1.29, 1.82) is 0 Å². The average Bonchev–Trinajstić information content (AvgIpc) is 2.92. The van der Waals surface area contributed by atoms with Gasteiger partial charge >= 0.3 is 0 Å². The molecule has 0 spiro atoms. The summed E-state index contributed by atoms with van der Waals surface area (Å²) in [6.07, 6.45) is 2.26. The van der Waals surface area contributed by atoms with E-state index in [-0.39, 0.29) is 0 Å². The topological polar surface area (TPSA) is 49.8 Å². The van der Waals surface area contributed by atoms with Crippen molar-refractivity contribution in [3.8, 4) is 11.1 Å². The Bertz CT molecular complexity index is 892. The number of hydrogen-bond donors (Lipinski definition) is 2. The van der Waals surface area contributed by atoms with Crippen molar-refractivity contribution >= 4 is 27.4 Å². The maximum atomic E-state index is 4.78. The second kappa shape index (κ2) is 6.73. The highest BCUT2D eigenvalue weighted by Crippen LogP contribution is 2.41. The zero-order valence-corrected chi connectivity index (χ0v) is 15.8.